The largest absolute Gasteiger partial charge is 0.546 e. The topological polar surface area (TPSA) is 49.4 Å². The maximum absolute atomic E-state index is 10.9. The summed E-state index contributed by atoms with van der Waals surface area (Å²) in [6.45, 7) is 5.86. The SMILES string of the molecule is CCC(Oc1ccc(Cl)cc1C(C)CC)C(=O)[O-]. The zero-order valence-electron chi connectivity index (χ0n) is 10.9. The number of aliphatic carboxylic acids is 1. The summed E-state index contributed by atoms with van der Waals surface area (Å²) in [4.78, 5) is 10.9. The molecule has 3 nitrogen and oxygen atoms in total. The summed E-state index contributed by atoms with van der Waals surface area (Å²) in [5, 5.41) is 11.5. The fraction of sp³-hybridized carbons (Fsp3) is 0.500. The fourth-order valence-corrected chi connectivity index (χ4v) is 1.86. The molecule has 1 aromatic carbocycles. The van der Waals surface area contributed by atoms with Crippen molar-refractivity contribution in [2.24, 2.45) is 0 Å². The quantitative estimate of drug-likeness (QED) is 0.798. The van der Waals surface area contributed by atoms with Crippen LogP contribution in [0.15, 0.2) is 18.2 Å². The third-order valence-electron chi connectivity index (χ3n) is 3.02. The van der Waals surface area contributed by atoms with Gasteiger partial charge in [0.2, 0.25) is 0 Å². The second kappa shape index (κ2) is 6.64. The van der Waals surface area contributed by atoms with Gasteiger partial charge in [-0.1, -0.05) is 32.4 Å². The van der Waals surface area contributed by atoms with E-state index in [1.165, 1.54) is 0 Å². The van der Waals surface area contributed by atoms with Gasteiger partial charge < -0.3 is 14.6 Å². The number of halogens is 1. The minimum atomic E-state index is -1.19. The van der Waals surface area contributed by atoms with Gasteiger partial charge in [-0.25, -0.2) is 0 Å². The number of hydrogen-bond donors (Lipinski definition) is 0. The fourth-order valence-electron chi connectivity index (χ4n) is 1.68. The Bertz CT molecular complexity index is 418. The van der Waals surface area contributed by atoms with Crippen LogP contribution in [0.2, 0.25) is 5.02 Å². The van der Waals surface area contributed by atoms with Crippen LogP contribution < -0.4 is 9.84 Å². The molecule has 2 atom stereocenters. The molecular formula is C14H18ClO3-. The van der Waals surface area contributed by atoms with Crippen LogP contribution in [0.25, 0.3) is 0 Å². The Kier molecular flexibility index (Phi) is 5.48. The van der Waals surface area contributed by atoms with Gasteiger partial charge in [0.1, 0.15) is 11.9 Å². The summed E-state index contributed by atoms with van der Waals surface area (Å²) in [6, 6.07) is 5.24. The van der Waals surface area contributed by atoms with Crippen molar-refractivity contribution in [3.8, 4) is 5.75 Å². The monoisotopic (exact) mass is 269 g/mol. The standard InChI is InChI=1S/C14H19ClO3/c1-4-9(3)11-8-10(15)6-7-13(11)18-12(5-2)14(16)17/h6-9,12H,4-5H2,1-3H3,(H,16,17)/p-1. The lowest BCUT2D eigenvalue weighted by atomic mass is 9.97. The van der Waals surface area contributed by atoms with Crippen LogP contribution in [0.3, 0.4) is 0 Å². The molecule has 0 spiro atoms. The second-order valence-electron chi connectivity index (χ2n) is 4.33. The van der Waals surface area contributed by atoms with Gasteiger partial charge in [0.25, 0.3) is 0 Å². The Morgan fingerprint density at radius 2 is 2.06 bits per heavy atom. The van der Waals surface area contributed by atoms with E-state index in [4.69, 9.17) is 16.3 Å². The molecule has 0 N–H and O–H groups in total. The minimum absolute atomic E-state index is 0.262. The molecule has 1 aromatic rings. The molecule has 0 aliphatic rings. The molecule has 0 aromatic heterocycles. The summed E-state index contributed by atoms with van der Waals surface area (Å²) >= 11 is 5.97. The zero-order valence-corrected chi connectivity index (χ0v) is 11.7. The van der Waals surface area contributed by atoms with Gasteiger partial charge in [-0.3, -0.25) is 0 Å². The van der Waals surface area contributed by atoms with E-state index in [1.807, 2.05) is 6.07 Å². The molecule has 0 heterocycles. The van der Waals surface area contributed by atoms with Gasteiger partial charge in [0.15, 0.2) is 0 Å². The van der Waals surface area contributed by atoms with Gasteiger partial charge in [0, 0.05) is 5.02 Å². The lowest BCUT2D eigenvalue weighted by molar-refractivity contribution is -0.313. The molecule has 0 saturated heterocycles. The third kappa shape index (κ3) is 3.64. The van der Waals surface area contributed by atoms with Crippen LogP contribution in [-0.4, -0.2) is 12.1 Å². The van der Waals surface area contributed by atoms with E-state index < -0.39 is 12.1 Å². The average molecular weight is 270 g/mol. The van der Waals surface area contributed by atoms with Crippen LogP contribution in [0.5, 0.6) is 5.75 Å². The molecule has 0 radical (unpaired) electrons. The number of carboxylic acid groups (broad SMARTS) is 1. The number of ether oxygens (including phenoxy) is 1. The predicted molar refractivity (Wildman–Crippen MR) is 69.9 cm³/mol. The van der Waals surface area contributed by atoms with E-state index in [0.29, 0.717) is 17.2 Å². The molecule has 0 fully saturated rings. The summed E-state index contributed by atoms with van der Waals surface area (Å²) in [5.74, 6) is -0.356. The van der Waals surface area contributed by atoms with Gasteiger partial charge in [-0.05, 0) is 42.5 Å². The smallest absolute Gasteiger partial charge is 0.138 e. The molecule has 4 heteroatoms. The zero-order chi connectivity index (χ0) is 13.7. The van der Waals surface area contributed by atoms with Crippen molar-refractivity contribution in [2.45, 2.75) is 45.6 Å². The predicted octanol–water partition coefficient (Wildman–Crippen LogP) is 2.76. The molecule has 0 saturated carbocycles. The lowest BCUT2D eigenvalue weighted by Crippen LogP contribution is -2.39. The highest BCUT2D eigenvalue weighted by atomic mass is 35.5. The number of benzene rings is 1. The van der Waals surface area contributed by atoms with E-state index in [0.717, 1.165) is 12.0 Å². The van der Waals surface area contributed by atoms with E-state index in [9.17, 15) is 9.90 Å². The van der Waals surface area contributed by atoms with E-state index >= 15 is 0 Å². The molecule has 100 valence electrons. The average Bonchev–Trinajstić information content (AvgIpc) is 2.35. The second-order valence-corrected chi connectivity index (χ2v) is 4.76. The molecule has 0 aliphatic carbocycles. The number of rotatable bonds is 6. The number of carbonyl (C=O) groups is 1. The Labute approximate surface area is 113 Å². The summed E-state index contributed by atoms with van der Waals surface area (Å²) in [6.07, 6.45) is 0.373. The maximum atomic E-state index is 10.9. The molecular weight excluding hydrogens is 252 g/mol. The molecule has 0 aliphatic heterocycles. The van der Waals surface area contributed by atoms with Crippen molar-refractivity contribution in [3.05, 3.63) is 28.8 Å². The molecule has 1 rings (SSSR count). The number of hydrogen-bond acceptors (Lipinski definition) is 3. The van der Waals surface area contributed by atoms with E-state index in [2.05, 4.69) is 13.8 Å². The number of carboxylic acids is 1. The van der Waals surface area contributed by atoms with Crippen molar-refractivity contribution >= 4 is 17.6 Å². The normalized spacial score (nSPS) is 14.0. The minimum Gasteiger partial charge on any atom is -0.546 e. The van der Waals surface area contributed by atoms with Gasteiger partial charge in [-0.2, -0.15) is 0 Å². The van der Waals surface area contributed by atoms with Crippen LogP contribution in [0.1, 0.15) is 45.1 Å². The Balaban J connectivity index is 3.04. The highest BCUT2D eigenvalue weighted by molar-refractivity contribution is 6.30. The highest BCUT2D eigenvalue weighted by Crippen LogP contribution is 2.32. The Morgan fingerprint density at radius 3 is 2.56 bits per heavy atom. The first kappa shape index (κ1) is 14.8. The molecule has 0 amide bonds. The summed E-state index contributed by atoms with van der Waals surface area (Å²) < 4.78 is 5.51. The van der Waals surface area contributed by atoms with Crippen LogP contribution in [-0.2, 0) is 4.79 Å². The third-order valence-corrected chi connectivity index (χ3v) is 3.25. The van der Waals surface area contributed by atoms with E-state index in [-0.39, 0.29) is 5.92 Å². The van der Waals surface area contributed by atoms with Crippen molar-refractivity contribution in [2.75, 3.05) is 0 Å². The summed E-state index contributed by atoms with van der Waals surface area (Å²) in [7, 11) is 0. The van der Waals surface area contributed by atoms with Gasteiger partial charge in [0.05, 0.1) is 5.97 Å². The van der Waals surface area contributed by atoms with Gasteiger partial charge in [-0.15, -0.1) is 0 Å². The maximum Gasteiger partial charge on any atom is 0.138 e. The van der Waals surface area contributed by atoms with Crippen molar-refractivity contribution < 1.29 is 14.6 Å². The van der Waals surface area contributed by atoms with Crippen molar-refractivity contribution in [1.29, 1.82) is 0 Å². The van der Waals surface area contributed by atoms with Crippen molar-refractivity contribution in [1.82, 2.24) is 0 Å². The highest BCUT2D eigenvalue weighted by Gasteiger charge is 2.15. The molecule has 2 unspecified atom stereocenters. The first-order chi connectivity index (χ1) is 8.49. The Morgan fingerprint density at radius 1 is 1.39 bits per heavy atom. The first-order valence-corrected chi connectivity index (χ1v) is 6.54. The van der Waals surface area contributed by atoms with Crippen LogP contribution in [0.4, 0.5) is 0 Å². The van der Waals surface area contributed by atoms with Gasteiger partial charge >= 0.3 is 0 Å². The number of carbonyl (C=O) groups excluding carboxylic acids is 1. The molecule has 18 heavy (non-hydrogen) atoms. The van der Waals surface area contributed by atoms with Crippen molar-refractivity contribution in [3.63, 3.8) is 0 Å². The van der Waals surface area contributed by atoms with E-state index in [1.54, 1.807) is 19.1 Å². The Hall–Kier alpha value is -1.22. The lowest BCUT2D eigenvalue weighted by Gasteiger charge is -2.22. The summed E-state index contributed by atoms with van der Waals surface area (Å²) in [5.41, 5.74) is 0.935. The molecule has 0 bridgehead atoms. The van der Waals surface area contributed by atoms with Crippen LogP contribution >= 0.6 is 11.6 Å². The van der Waals surface area contributed by atoms with Crippen LogP contribution in [0, 0.1) is 0 Å². The first-order valence-electron chi connectivity index (χ1n) is 6.16.